The molecule has 4 aromatic rings. The molecule has 218 valence electrons. The number of nitrogens with zero attached hydrogens (tertiary/aromatic N) is 5. The molecule has 0 saturated carbocycles. The summed E-state index contributed by atoms with van der Waals surface area (Å²) in [7, 11) is 1.76. The van der Waals surface area contributed by atoms with E-state index in [-0.39, 0.29) is 31.6 Å². The van der Waals surface area contributed by atoms with Crippen LogP contribution in [0.25, 0.3) is 11.8 Å². The first-order valence-electron chi connectivity index (χ1n) is 13.8. The van der Waals surface area contributed by atoms with E-state index in [4.69, 9.17) is 12.2 Å². The molecule has 1 fully saturated rings. The molecule has 0 atom stereocenters. The third-order valence-electron chi connectivity index (χ3n) is 7.44. The van der Waals surface area contributed by atoms with Crippen LogP contribution < -0.4 is 21.3 Å². The molecule has 9 nitrogen and oxygen atoms in total. The van der Waals surface area contributed by atoms with Gasteiger partial charge >= 0.3 is 0 Å². The molecule has 1 N–H and O–H groups in total. The molecule has 1 saturated heterocycles. The smallest absolute Gasteiger partial charge is 0.296 e. The Balaban J connectivity index is 1.63. The largest absolute Gasteiger partial charge is 0.367 e. The number of para-hydroxylation sites is 1. The number of hydrogen-bond acceptors (Lipinski definition) is 7. The van der Waals surface area contributed by atoms with Crippen molar-refractivity contribution in [3.05, 3.63) is 114 Å². The van der Waals surface area contributed by atoms with Crippen molar-refractivity contribution in [2.24, 2.45) is 7.05 Å². The molecule has 1 aliphatic heterocycles. The number of aromatic nitrogens is 3. The van der Waals surface area contributed by atoms with Gasteiger partial charge in [0.15, 0.2) is 4.32 Å². The zero-order valence-corrected chi connectivity index (χ0v) is 25.9. The Morgan fingerprint density at radius 3 is 2.28 bits per heavy atom. The van der Waals surface area contributed by atoms with Crippen LogP contribution in [0.5, 0.6) is 0 Å². The molecule has 0 unspecified atom stereocenters. The van der Waals surface area contributed by atoms with Crippen molar-refractivity contribution in [1.82, 2.24) is 13.9 Å². The topological polar surface area (TPSA) is 105 Å². The minimum atomic E-state index is -0.443. The predicted molar refractivity (Wildman–Crippen MR) is 176 cm³/mol. The Morgan fingerprint density at radius 2 is 1.65 bits per heavy atom. The number of thiocarbonyl (C=S) groups is 1. The maximum atomic E-state index is 14.0. The van der Waals surface area contributed by atoms with Gasteiger partial charge in [-0.1, -0.05) is 79.4 Å². The quantitative estimate of drug-likeness (QED) is 0.215. The first-order valence-corrected chi connectivity index (χ1v) is 15.0. The minimum absolute atomic E-state index is 0.0186. The van der Waals surface area contributed by atoms with Crippen molar-refractivity contribution in [3.8, 4) is 11.8 Å². The molecule has 11 heteroatoms. The molecule has 0 aliphatic carbocycles. The fourth-order valence-corrected chi connectivity index (χ4v) is 6.43. The average molecular weight is 611 g/mol. The third-order valence-corrected chi connectivity index (χ3v) is 8.74. The highest BCUT2D eigenvalue weighted by atomic mass is 32.2. The van der Waals surface area contributed by atoms with E-state index in [1.165, 1.54) is 9.58 Å². The van der Waals surface area contributed by atoms with Crippen LogP contribution in [-0.4, -0.2) is 24.2 Å². The molecule has 0 radical (unpaired) electrons. The highest BCUT2D eigenvalue weighted by molar-refractivity contribution is 8.27. The Kier molecular flexibility index (Phi) is 8.52. The van der Waals surface area contributed by atoms with Gasteiger partial charge in [0.25, 0.3) is 17.0 Å². The lowest BCUT2D eigenvalue weighted by atomic mass is 10.0. The van der Waals surface area contributed by atoms with Gasteiger partial charge in [-0.05, 0) is 49.6 Å². The van der Waals surface area contributed by atoms with Crippen LogP contribution >= 0.6 is 24.0 Å². The minimum Gasteiger partial charge on any atom is -0.367 e. The van der Waals surface area contributed by atoms with Crippen LogP contribution in [-0.2, 0) is 24.9 Å². The molecule has 1 amide bonds. The van der Waals surface area contributed by atoms with E-state index in [0.717, 1.165) is 17.3 Å². The lowest BCUT2D eigenvalue weighted by Crippen LogP contribution is -2.33. The highest BCUT2D eigenvalue weighted by Crippen LogP contribution is 2.38. The summed E-state index contributed by atoms with van der Waals surface area (Å²) in [5.74, 6) is 0.0703. The summed E-state index contributed by atoms with van der Waals surface area (Å²) < 4.78 is 4.98. The van der Waals surface area contributed by atoms with Gasteiger partial charge in [-0.15, -0.1) is 0 Å². The predicted octanol–water partition coefficient (Wildman–Crippen LogP) is 5.25. The summed E-state index contributed by atoms with van der Waals surface area (Å²) in [6, 6.07) is 21.0. The molecule has 1 aliphatic rings. The monoisotopic (exact) mass is 610 g/mol. The van der Waals surface area contributed by atoms with E-state index in [0.29, 0.717) is 47.8 Å². The molecule has 0 spiro atoms. The number of pyridine rings is 1. The summed E-state index contributed by atoms with van der Waals surface area (Å²) >= 11 is 6.73. The highest BCUT2D eigenvalue weighted by Gasteiger charge is 2.38. The van der Waals surface area contributed by atoms with Crippen molar-refractivity contribution >= 4 is 51.8 Å². The lowest BCUT2D eigenvalue weighted by molar-refractivity contribution is -0.113. The van der Waals surface area contributed by atoms with E-state index < -0.39 is 5.91 Å². The summed E-state index contributed by atoms with van der Waals surface area (Å²) in [6.07, 6.45) is 2.33. The standard InChI is InChI=1S/C32H30N6O3S2/c1-5-16-36-28(34-19-22-12-8-6-9-13-22)24(20(2)25(18-33)29(36)39)17-26-30(40)37(32(42)43-26)27-21(3)35(4)38(31(27)41)23-14-10-7-11-15-23/h6-15,17,34H,5,16,19H2,1-4H3/b26-17+. The number of hydrogen-bond donors (Lipinski definition) is 1. The first kappa shape index (κ1) is 29.8. The van der Waals surface area contributed by atoms with E-state index in [1.54, 1.807) is 36.2 Å². The normalized spacial score (nSPS) is 14.0. The molecule has 2 aromatic carbocycles. The maximum Gasteiger partial charge on any atom is 0.296 e. The van der Waals surface area contributed by atoms with Gasteiger partial charge in [-0.3, -0.25) is 28.5 Å². The van der Waals surface area contributed by atoms with Crippen molar-refractivity contribution < 1.29 is 4.79 Å². The Hall–Kier alpha value is -4.66. The zero-order chi connectivity index (χ0) is 30.8. The summed E-state index contributed by atoms with van der Waals surface area (Å²) in [6.45, 7) is 6.24. The van der Waals surface area contributed by atoms with Crippen LogP contribution in [0, 0.1) is 25.2 Å². The van der Waals surface area contributed by atoms with E-state index in [1.807, 2.05) is 67.6 Å². The molecular weight excluding hydrogens is 581 g/mol. The van der Waals surface area contributed by atoms with Gasteiger partial charge < -0.3 is 5.32 Å². The second-order valence-electron chi connectivity index (χ2n) is 10.1. The maximum absolute atomic E-state index is 14.0. The van der Waals surface area contributed by atoms with Crippen molar-refractivity contribution in [3.63, 3.8) is 0 Å². The van der Waals surface area contributed by atoms with Crippen LogP contribution in [0.1, 0.15) is 41.3 Å². The van der Waals surface area contributed by atoms with E-state index >= 15 is 0 Å². The number of carbonyl (C=O) groups excluding carboxylic acids is 1. The summed E-state index contributed by atoms with van der Waals surface area (Å²) in [5, 5.41) is 13.3. The molecule has 0 bridgehead atoms. The number of amides is 1. The van der Waals surface area contributed by atoms with Crippen molar-refractivity contribution in [2.45, 2.75) is 40.3 Å². The van der Waals surface area contributed by atoms with Gasteiger partial charge in [-0.2, -0.15) is 5.26 Å². The molecule has 3 heterocycles. The van der Waals surface area contributed by atoms with Gasteiger partial charge in [-0.25, -0.2) is 4.68 Å². The Labute approximate surface area is 258 Å². The number of benzene rings is 2. The fourth-order valence-electron chi connectivity index (χ4n) is 5.18. The molecular formula is C32H30N6O3S2. The second kappa shape index (κ2) is 12.3. The second-order valence-corrected chi connectivity index (χ2v) is 11.8. The lowest BCUT2D eigenvalue weighted by Gasteiger charge is -2.20. The van der Waals surface area contributed by atoms with Crippen LogP contribution in [0.4, 0.5) is 11.5 Å². The summed E-state index contributed by atoms with van der Waals surface area (Å²) in [4.78, 5) is 42.6. The number of rotatable bonds is 8. The van der Waals surface area contributed by atoms with Gasteiger partial charge in [0.1, 0.15) is 23.1 Å². The number of thioether (sulfide) groups is 1. The summed E-state index contributed by atoms with van der Waals surface area (Å²) in [5.41, 5.74) is 2.71. The molecule has 43 heavy (non-hydrogen) atoms. The Morgan fingerprint density at radius 1 is 1.00 bits per heavy atom. The van der Waals surface area contributed by atoms with Crippen molar-refractivity contribution in [1.29, 1.82) is 5.26 Å². The number of nitrogens with one attached hydrogen (secondary N) is 1. The Bertz CT molecular complexity index is 1930. The number of nitriles is 1. The van der Waals surface area contributed by atoms with Gasteiger partial charge in [0.2, 0.25) is 0 Å². The van der Waals surface area contributed by atoms with Crippen LogP contribution in [0.3, 0.4) is 0 Å². The molecule has 2 aromatic heterocycles. The van der Waals surface area contributed by atoms with Crippen molar-refractivity contribution in [2.75, 3.05) is 10.2 Å². The van der Waals surface area contributed by atoms with Crippen LogP contribution in [0.15, 0.2) is 75.2 Å². The van der Waals surface area contributed by atoms with E-state index in [9.17, 15) is 19.6 Å². The SMILES string of the molecule is CCCn1c(NCc2ccccc2)c(/C=C2/SC(=S)N(c3c(C)n(C)n(-c4ccccc4)c3=O)C2=O)c(C)c(C#N)c1=O. The first-order chi connectivity index (χ1) is 20.7. The van der Waals surface area contributed by atoms with Gasteiger partial charge in [0, 0.05) is 25.7 Å². The third kappa shape index (κ3) is 5.35. The van der Waals surface area contributed by atoms with E-state index in [2.05, 4.69) is 11.4 Å². The van der Waals surface area contributed by atoms with Gasteiger partial charge in [0.05, 0.1) is 16.3 Å². The van der Waals surface area contributed by atoms with Crippen LogP contribution in [0.2, 0.25) is 0 Å². The molecule has 5 rings (SSSR count). The zero-order valence-electron chi connectivity index (χ0n) is 24.2. The average Bonchev–Trinajstić information content (AvgIpc) is 3.40. The number of carbonyl (C=O) groups is 1. The fraction of sp³-hybridized carbons (Fsp3) is 0.219. The number of anilines is 2.